The van der Waals surface area contributed by atoms with E-state index < -0.39 is 17.6 Å². The van der Waals surface area contributed by atoms with E-state index in [1.165, 1.54) is 0 Å². The largest absolute Gasteiger partial charge is 0.443 e. The number of amides is 2. The minimum Gasteiger partial charge on any atom is -0.443 e. The first kappa shape index (κ1) is 20.9. The summed E-state index contributed by atoms with van der Waals surface area (Å²) >= 11 is 0. The van der Waals surface area contributed by atoms with E-state index in [2.05, 4.69) is 5.32 Å². The Morgan fingerprint density at radius 2 is 2.04 bits per heavy atom. The first-order chi connectivity index (χ1) is 10.7. The van der Waals surface area contributed by atoms with Gasteiger partial charge in [0, 0.05) is 39.6 Å². The second-order valence-electron chi connectivity index (χ2n) is 5.72. The molecule has 0 spiro atoms. The summed E-state index contributed by atoms with van der Waals surface area (Å²) in [5, 5.41) is 11.7. The molecule has 0 rings (SSSR count). The van der Waals surface area contributed by atoms with Gasteiger partial charge in [-0.3, -0.25) is 9.69 Å². The molecule has 3 N–H and O–H groups in total. The lowest BCUT2D eigenvalue weighted by Crippen LogP contribution is -2.37. The summed E-state index contributed by atoms with van der Waals surface area (Å²) < 4.78 is 10.1. The fourth-order valence-corrected chi connectivity index (χ4v) is 1.48. The third kappa shape index (κ3) is 9.50. The van der Waals surface area contributed by atoms with E-state index in [4.69, 9.17) is 20.5 Å². The average molecular weight is 326 g/mol. The van der Waals surface area contributed by atoms with Gasteiger partial charge in [-0.2, -0.15) is 5.26 Å². The van der Waals surface area contributed by atoms with Crippen LogP contribution >= 0.6 is 0 Å². The molecule has 0 fully saturated rings. The summed E-state index contributed by atoms with van der Waals surface area (Å²) in [7, 11) is 1.56. The monoisotopic (exact) mass is 326 g/mol. The highest BCUT2D eigenvalue weighted by molar-refractivity contribution is 5.97. The van der Waals surface area contributed by atoms with E-state index in [0.717, 1.165) is 11.1 Å². The minimum atomic E-state index is -0.688. The zero-order valence-electron chi connectivity index (χ0n) is 14.2. The third-order valence-corrected chi connectivity index (χ3v) is 2.46. The molecule has 0 aliphatic heterocycles. The number of nitriles is 1. The first-order valence-electron chi connectivity index (χ1n) is 7.34. The van der Waals surface area contributed by atoms with Crippen LogP contribution in [-0.4, -0.2) is 55.9 Å². The fourth-order valence-electron chi connectivity index (χ4n) is 1.48. The second-order valence-corrected chi connectivity index (χ2v) is 5.72. The van der Waals surface area contributed by atoms with E-state index in [1.807, 2.05) is 0 Å². The van der Waals surface area contributed by atoms with Crippen molar-refractivity contribution in [3.8, 4) is 6.07 Å². The molecule has 8 nitrogen and oxygen atoms in total. The maximum Gasteiger partial charge on any atom is 0.414 e. The van der Waals surface area contributed by atoms with Crippen LogP contribution in [0.25, 0.3) is 0 Å². The van der Waals surface area contributed by atoms with Gasteiger partial charge in [0.1, 0.15) is 17.2 Å². The van der Waals surface area contributed by atoms with Crippen molar-refractivity contribution in [3.63, 3.8) is 0 Å². The lowest BCUT2D eigenvalue weighted by Gasteiger charge is -2.25. The molecule has 8 heteroatoms. The van der Waals surface area contributed by atoms with Crippen molar-refractivity contribution < 1.29 is 19.1 Å². The Labute approximate surface area is 137 Å². The van der Waals surface area contributed by atoms with Gasteiger partial charge in [-0.1, -0.05) is 0 Å². The van der Waals surface area contributed by atoms with Crippen LogP contribution in [0.2, 0.25) is 0 Å². The molecular formula is C15H26N4O4. The number of hydrogen-bond donors (Lipinski definition) is 2. The van der Waals surface area contributed by atoms with Gasteiger partial charge >= 0.3 is 6.09 Å². The molecule has 0 aliphatic carbocycles. The smallest absolute Gasteiger partial charge is 0.414 e. The molecule has 0 atom stereocenters. The molecule has 0 radical (unpaired) electrons. The predicted molar refractivity (Wildman–Crippen MR) is 85.2 cm³/mol. The van der Waals surface area contributed by atoms with Gasteiger partial charge in [-0.05, 0) is 27.2 Å². The number of ether oxygens (including phenoxy) is 2. The van der Waals surface area contributed by atoms with Crippen molar-refractivity contribution in [3.05, 3.63) is 11.8 Å². The Morgan fingerprint density at radius 3 is 2.52 bits per heavy atom. The third-order valence-electron chi connectivity index (χ3n) is 2.46. The molecule has 0 unspecified atom stereocenters. The Bertz CT molecular complexity index is 463. The maximum atomic E-state index is 12.1. The molecule has 23 heavy (non-hydrogen) atoms. The average Bonchev–Trinajstić information content (AvgIpc) is 2.45. The molecular weight excluding hydrogens is 300 g/mol. The van der Waals surface area contributed by atoms with E-state index in [9.17, 15) is 9.59 Å². The number of methoxy groups -OCH3 is 1. The van der Waals surface area contributed by atoms with Gasteiger partial charge in [0.25, 0.3) is 5.91 Å². The van der Waals surface area contributed by atoms with Crippen molar-refractivity contribution in [1.82, 2.24) is 10.2 Å². The highest BCUT2D eigenvalue weighted by Crippen LogP contribution is 2.11. The summed E-state index contributed by atoms with van der Waals surface area (Å²) in [6, 6.07) is 1.78. The van der Waals surface area contributed by atoms with Gasteiger partial charge in [0.2, 0.25) is 0 Å². The quantitative estimate of drug-likeness (QED) is 0.386. The van der Waals surface area contributed by atoms with E-state index in [-0.39, 0.29) is 18.7 Å². The molecule has 0 aromatic carbocycles. The highest BCUT2D eigenvalue weighted by Gasteiger charge is 2.22. The number of carbonyl (C=O) groups excluding carboxylic acids is 2. The normalized spacial score (nSPS) is 11.6. The number of rotatable bonds is 8. The van der Waals surface area contributed by atoms with Crippen LogP contribution in [0.3, 0.4) is 0 Å². The fraction of sp³-hybridized carbons (Fsp3) is 0.667. The number of nitrogens with two attached hydrogens (primary N) is 1. The summed E-state index contributed by atoms with van der Waals surface area (Å²) in [6.45, 7) is 6.36. The van der Waals surface area contributed by atoms with Crippen molar-refractivity contribution in [1.29, 1.82) is 5.26 Å². The second kappa shape index (κ2) is 10.6. The van der Waals surface area contributed by atoms with Gasteiger partial charge in [-0.25, -0.2) is 4.79 Å². The summed E-state index contributed by atoms with van der Waals surface area (Å²) in [5.74, 6) is -0.561. The summed E-state index contributed by atoms with van der Waals surface area (Å²) in [4.78, 5) is 25.1. The van der Waals surface area contributed by atoms with Crippen molar-refractivity contribution in [2.24, 2.45) is 5.73 Å². The van der Waals surface area contributed by atoms with Crippen LogP contribution in [-0.2, 0) is 14.3 Å². The van der Waals surface area contributed by atoms with E-state index in [1.54, 1.807) is 34.0 Å². The zero-order valence-corrected chi connectivity index (χ0v) is 14.2. The van der Waals surface area contributed by atoms with Crippen molar-refractivity contribution >= 4 is 12.0 Å². The predicted octanol–water partition coefficient (Wildman–Crippen LogP) is 0.742. The van der Waals surface area contributed by atoms with Crippen LogP contribution < -0.4 is 11.1 Å². The van der Waals surface area contributed by atoms with Gasteiger partial charge in [0.15, 0.2) is 0 Å². The van der Waals surface area contributed by atoms with Crippen LogP contribution in [0.1, 0.15) is 27.2 Å². The molecule has 0 heterocycles. The summed E-state index contributed by atoms with van der Waals surface area (Å²) in [5.41, 5.74) is 4.58. The number of nitrogens with one attached hydrogen (secondary N) is 1. The molecule has 130 valence electrons. The Hall–Kier alpha value is -2.11. The standard InChI is InChI=1S/C15H26N4O4/c1-15(2,3)23-14(21)19(8-6-16)11-12(10-17)13(20)18-7-5-9-22-4/h11H,5-9,16H2,1-4H3,(H,18,20)/b12-11-. The van der Waals surface area contributed by atoms with Crippen LogP contribution in [0.5, 0.6) is 0 Å². The number of hydrogen-bond acceptors (Lipinski definition) is 6. The lowest BCUT2D eigenvalue weighted by molar-refractivity contribution is -0.117. The van der Waals surface area contributed by atoms with Crippen molar-refractivity contribution in [2.75, 3.05) is 33.4 Å². The Morgan fingerprint density at radius 1 is 1.39 bits per heavy atom. The van der Waals surface area contributed by atoms with Gasteiger partial charge in [0.05, 0.1) is 0 Å². The zero-order chi connectivity index (χ0) is 17.9. The first-order valence-corrected chi connectivity index (χ1v) is 7.34. The molecule has 0 aromatic rings. The maximum absolute atomic E-state index is 12.1. The summed E-state index contributed by atoms with van der Waals surface area (Å²) in [6.07, 6.45) is 1.12. The molecule has 0 aliphatic rings. The topological polar surface area (TPSA) is 118 Å². The Balaban J connectivity index is 4.94. The molecule has 0 bridgehead atoms. The number of nitrogens with zero attached hydrogens (tertiary/aromatic N) is 2. The van der Waals surface area contributed by atoms with E-state index in [0.29, 0.717) is 19.6 Å². The van der Waals surface area contributed by atoms with E-state index >= 15 is 0 Å². The van der Waals surface area contributed by atoms with Crippen LogP contribution in [0.4, 0.5) is 4.79 Å². The highest BCUT2D eigenvalue weighted by atomic mass is 16.6. The van der Waals surface area contributed by atoms with Crippen LogP contribution in [0, 0.1) is 11.3 Å². The molecule has 0 saturated heterocycles. The Kier molecular flexibility index (Phi) is 9.62. The van der Waals surface area contributed by atoms with Gasteiger partial charge < -0.3 is 20.5 Å². The SMILES string of the molecule is COCCCNC(=O)/C(C#N)=C\N(CCN)C(=O)OC(C)(C)C. The molecule has 0 aromatic heterocycles. The number of carbonyl (C=O) groups is 2. The molecule has 0 saturated carbocycles. The van der Waals surface area contributed by atoms with Gasteiger partial charge in [-0.15, -0.1) is 0 Å². The van der Waals surface area contributed by atoms with Crippen LogP contribution in [0.15, 0.2) is 11.8 Å². The lowest BCUT2D eigenvalue weighted by atomic mass is 10.2. The molecule has 2 amide bonds. The minimum absolute atomic E-state index is 0.136. The van der Waals surface area contributed by atoms with Crippen molar-refractivity contribution in [2.45, 2.75) is 32.8 Å².